The van der Waals surface area contributed by atoms with Crippen molar-refractivity contribution in [2.24, 2.45) is 0 Å². The zero-order valence-electron chi connectivity index (χ0n) is 17.1. The molecule has 33 heavy (non-hydrogen) atoms. The molecule has 0 aliphatic carbocycles. The average molecular weight is 446 g/mol. The summed E-state index contributed by atoms with van der Waals surface area (Å²) in [5.74, 6) is -0.522. The molecule has 11 heteroatoms. The van der Waals surface area contributed by atoms with Crippen LogP contribution in [0.5, 0.6) is 0 Å². The van der Waals surface area contributed by atoms with E-state index < -0.39 is 17.7 Å². The molecule has 1 aromatic carbocycles. The molecule has 0 aliphatic rings. The largest absolute Gasteiger partial charge is 0.453 e. The summed E-state index contributed by atoms with van der Waals surface area (Å²) in [6, 6.07) is 12.4. The van der Waals surface area contributed by atoms with Crippen LogP contribution in [-0.2, 0) is 4.74 Å². The third-order valence-corrected chi connectivity index (χ3v) is 4.93. The van der Waals surface area contributed by atoms with Gasteiger partial charge in [-0.1, -0.05) is 5.16 Å². The molecule has 1 N–H and O–H groups in total. The van der Waals surface area contributed by atoms with Gasteiger partial charge in [0.2, 0.25) is 0 Å². The van der Waals surface area contributed by atoms with Gasteiger partial charge in [-0.2, -0.15) is 0 Å². The minimum Gasteiger partial charge on any atom is -0.453 e. The molecule has 0 saturated heterocycles. The van der Waals surface area contributed by atoms with E-state index in [0.29, 0.717) is 22.7 Å². The highest BCUT2D eigenvalue weighted by Crippen LogP contribution is 2.25. The van der Waals surface area contributed by atoms with Gasteiger partial charge in [0.1, 0.15) is 17.3 Å². The van der Waals surface area contributed by atoms with Gasteiger partial charge in [0.05, 0.1) is 24.7 Å². The first-order valence-electron chi connectivity index (χ1n) is 9.67. The van der Waals surface area contributed by atoms with Gasteiger partial charge in [-0.15, -0.1) is 0 Å². The Morgan fingerprint density at radius 3 is 2.55 bits per heavy atom. The fourth-order valence-electron chi connectivity index (χ4n) is 3.35. The van der Waals surface area contributed by atoms with Crippen molar-refractivity contribution in [3.63, 3.8) is 0 Å². The van der Waals surface area contributed by atoms with Crippen LogP contribution in [0.25, 0.3) is 34.0 Å². The van der Waals surface area contributed by atoms with Crippen LogP contribution in [0, 0.1) is 5.82 Å². The van der Waals surface area contributed by atoms with Crippen LogP contribution in [-0.4, -0.2) is 37.3 Å². The first kappa shape index (κ1) is 20.1. The molecule has 0 fully saturated rings. The van der Waals surface area contributed by atoms with E-state index in [1.807, 2.05) is 4.40 Å². The Hall–Kier alpha value is -4.80. The molecule has 0 unspecified atom stereocenters. The number of methoxy groups -OCH3 is 1. The van der Waals surface area contributed by atoms with Gasteiger partial charge in [-0.25, -0.2) is 28.5 Å². The molecule has 0 bridgehead atoms. The lowest BCUT2D eigenvalue weighted by molar-refractivity contribution is 0.187. The number of aromatic nitrogens is 5. The Morgan fingerprint density at radius 2 is 1.82 bits per heavy atom. The van der Waals surface area contributed by atoms with E-state index >= 15 is 0 Å². The number of fused-ring (bicyclic) bond motifs is 1. The molecule has 4 heterocycles. The minimum atomic E-state index is -0.694. The van der Waals surface area contributed by atoms with Crippen LogP contribution in [0.2, 0.25) is 0 Å². The number of benzene rings is 1. The normalized spacial score (nSPS) is 11.0. The lowest BCUT2D eigenvalue weighted by atomic mass is 10.2. The molecule has 4 aromatic heterocycles. The Balaban J connectivity index is 1.56. The van der Waals surface area contributed by atoms with Crippen LogP contribution >= 0.6 is 0 Å². The van der Waals surface area contributed by atoms with Crippen LogP contribution in [0.4, 0.5) is 15.0 Å². The van der Waals surface area contributed by atoms with Gasteiger partial charge in [0.25, 0.3) is 0 Å². The number of hydrogen-bond donors (Lipinski definition) is 1. The summed E-state index contributed by atoms with van der Waals surface area (Å²) < 4.78 is 25.8. The van der Waals surface area contributed by atoms with Crippen molar-refractivity contribution in [3.8, 4) is 28.3 Å². The number of imidazole rings is 1. The van der Waals surface area contributed by atoms with Crippen molar-refractivity contribution >= 4 is 17.6 Å². The van der Waals surface area contributed by atoms with Gasteiger partial charge >= 0.3 is 11.8 Å². The van der Waals surface area contributed by atoms with E-state index in [0.717, 1.165) is 11.3 Å². The number of pyridine rings is 2. The molecule has 0 spiro atoms. The lowest BCUT2D eigenvalue weighted by Gasteiger charge is -2.07. The topological polar surface area (TPSA) is 117 Å². The Labute approximate surface area is 184 Å². The zero-order valence-corrected chi connectivity index (χ0v) is 17.1. The van der Waals surface area contributed by atoms with Crippen LogP contribution in [0.15, 0.2) is 76.4 Å². The minimum absolute atomic E-state index is 0.254. The first-order valence-corrected chi connectivity index (χ1v) is 9.67. The number of nitrogens with one attached hydrogen (secondary N) is 1. The Morgan fingerprint density at radius 1 is 1.03 bits per heavy atom. The van der Waals surface area contributed by atoms with Crippen LogP contribution in [0.3, 0.4) is 0 Å². The molecule has 1 amide bonds. The second-order valence-corrected chi connectivity index (χ2v) is 6.92. The maximum atomic E-state index is 13.3. The summed E-state index contributed by atoms with van der Waals surface area (Å²) in [5.41, 5.74) is 3.12. The summed E-state index contributed by atoms with van der Waals surface area (Å²) in [6.45, 7) is 0. The summed E-state index contributed by atoms with van der Waals surface area (Å²) in [5, 5.41) is 6.40. The van der Waals surface area contributed by atoms with Crippen LogP contribution < -0.4 is 11.1 Å². The fraction of sp³-hybridized carbons (Fsp3) is 0.0455. The van der Waals surface area contributed by atoms with Crippen LogP contribution in [0.1, 0.15) is 0 Å². The fourth-order valence-corrected chi connectivity index (χ4v) is 3.35. The molecule has 5 aromatic rings. The second-order valence-electron chi connectivity index (χ2n) is 6.92. The van der Waals surface area contributed by atoms with Crippen molar-refractivity contribution in [1.29, 1.82) is 0 Å². The Bertz CT molecular complexity index is 1520. The highest BCUT2D eigenvalue weighted by atomic mass is 19.1. The molecule has 10 nitrogen and oxygen atoms in total. The molecule has 0 aliphatic heterocycles. The van der Waals surface area contributed by atoms with Crippen molar-refractivity contribution in [2.45, 2.75) is 0 Å². The summed E-state index contributed by atoms with van der Waals surface area (Å²) in [4.78, 5) is 32.3. The van der Waals surface area contributed by atoms with Crippen molar-refractivity contribution in [2.75, 3.05) is 12.4 Å². The van der Waals surface area contributed by atoms with Gasteiger partial charge < -0.3 is 4.74 Å². The second kappa shape index (κ2) is 8.04. The maximum absolute atomic E-state index is 13.3. The number of amides is 1. The number of halogens is 1. The molecular weight excluding hydrogens is 431 g/mol. The van der Waals surface area contributed by atoms with Crippen molar-refractivity contribution in [1.82, 2.24) is 24.1 Å². The standard InChI is InChI=1S/C22H15FN6O4/c1-32-21(30)26-18-8-2-13(10-24-18)17-11-25-19-9-3-14(12-28(17)19)20-27-33-22(31)29(20)16-6-4-15(23)5-7-16/h2-12H,1H3,(H,24,26,30). The van der Waals surface area contributed by atoms with E-state index in [-0.39, 0.29) is 5.82 Å². The third-order valence-electron chi connectivity index (χ3n) is 4.93. The molecule has 0 radical (unpaired) electrons. The summed E-state index contributed by atoms with van der Waals surface area (Å²) in [6.07, 6.45) is 4.41. The number of ether oxygens (including phenoxy) is 1. The van der Waals surface area contributed by atoms with Crippen molar-refractivity contribution in [3.05, 3.63) is 83.5 Å². The van der Waals surface area contributed by atoms with Gasteiger partial charge in [-0.3, -0.25) is 14.2 Å². The molecule has 0 saturated carbocycles. The number of hydrogen-bond acceptors (Lipinski definition) is 7. The zero-order chi connectivity index (χ0) is 22.9. The van der Waals surface area contributed by atoms with E-state index in [2.05, 4.69) is 25.2 Å². The van der Waals surface area contributed by atoms with E-state index in [1.54, 1.807) is 42.9 Å². The SMILES string of the molecule is COC(=O)Nc1ccc(-c2cnc3ccc(-c4noc(=O)n4-c4ccc(F)cc4)cn23)cn1. The predicted octanol–water partition coefficient (Wildman–Crippen LogP) is 3.52. The van der Waals surface area contributed by atoms with E-state index in [4.69, 9.17) is 4.52 Å². The predicted molar refractivity (Wildman–Crippen MR) is 116 cm³/mol. The molecule has 164 valence electrons. The Kier molecular flexibility index (Phi) is 4.90. The first-order chi connectivity index (χ1) is 16.0. The average Bonchev–Trinajstić information content (AvgIpc) is 3.43. The molecule has 5 rings (SSSR count). The monoisotopic (exact) mass is 446 g/mol. The summed E-state index contributed by atoms with van der Waals surface area (Å²) in [7, 11) is 1.27. The third kappa shape index (κ3) is 3.71. The molecular formula is C22H15FN6O4. The van der Waals surface area contributed by atoms with Gasteiger partial charge in [0, 0.05) is 23.5 Å². The summed E-state index contributed by atoms with van der Waals surface area (Å²) >= 11 is 0. The lowest BCUT2D eigenvalue weighted by Crippen LogP contribution is -2.13. The highest BCUT2D eigenvalue weighted by Gasteiger charge is 2.17. The number of anilines is 1. The van der Waals surface area contributed by atoms with E-state index in [1.165, 1.54) is 35.9 Å². The van der Waals surface area contributed by atoms with E-state index in [9.17, 15) is 14.0 Å². The van der Waals surface area contributed by atoms with Crippen molar-refractivity contribution < 1.29 is 18.4 Å². The number of rotatable bonds is 4. The highest BCUT2D eigenvalue weighted by molar-refractivity contribution is 5.83. The number of nitrogens with zero attached hydrogens (tertiary/aromatic N) is 5. The number of carbonyl (C=O) groups is 1. The number of carbonyl (C=O) groups excluding carboxylic acids is 1. The van der Waals surface area contributed by atoms with Gasteiger partial charge in [-0.05, 0) is 48.5 Å². The maximum Gasteiger partial charge on any atom is 0.446 e. The molecule has 0 atom stereocenters. The smallest absolute Gasteiger partial charge is 0.446 e. The quantitative estimate of drug-likeness (QED) is 0.449. The van der Waals surface area contributed by atoms with Gasteiger partial charge in [0.15, 0.2) is 5.82 Å².